The first-order chi connectivity index (χ1) is 17.3. The predicted octanol–water partition coefficient (Wildman–Crippen LogP) is 5.16. The van der Waals surface area contributed by atoms with E-state index in [1.54, 1.807) is 39.0 Å². The van der Waals surface area contributed by atoms with Crippen LogP contribution in [0.3, 0.4) is 0 Å². The zero-order chi connectivity index (χ0) is 25.8. The lowest BCUT2D eigenvalue weighted by Crippen LogP contribution is -2.32. The number of fused-ring (bicyclic) bond motifs is 1. The van der Waals surface area contributed by atoms with Crippen LogP contribution in [-0.2, 0) is 9.53 Å². The van der Waals surface area contributed by atoms with Gasteiger partial charge in [0.15, 0.2) is 0 Å². The van der Waals surface area contributed by atoms with Crippen molar-refractivity contribution in [3.63, 3.8) is 0 Å². The van der Waals surface area contributed by atoms with Gasteiger partial charge in [-0.2, -0.15) is 0 Å². The number of hydrogen-bond acceptors (Lipinski definition) is 7. The molecule has 0 saturated heterocycles. The molecule has 4 aromatic rings. The first kappa shape index (κ1) is 25.4. The molecular formula is C26H24ClN3O5S. The Morgan fingerprint density at radius 2 is 1.83 bits per heavy atom. The highest BCUT2D eigenvalue weighted by Gasteiger charge is 2.24. The Balaban J connectivity index is 1.49. The van der Waals surface area contributed by atoms with Crippen molar-refractivity contribution in [2.75, 3.05) is 18.5 Å². The molecule has 1 unspecified atom stereocenters. The van der Waals surface area contributed by atoms with Crippen molar-refractivity contribution in [3.05, 3.63) is 86.2 Å². The van der Waals surface area contributed by atoms with E-state index in [0.29, 0.717) is 31.7 Å². The molecule has 10 heteroatoms. The third kappa shape index (κ3) is 5.27. The molecule has 2 aromatic heterocycles. The Labute approximate surface area is 216 Å². The molecule has 0 bridgehead atoms. The van der Waals surface area contributed by atoms with Gasteiger partial charge < -0.3 is 14.8 Å². The fourth-order valence-corrected chi connectivity index (χ4v) is 4.80. The molecule has 2 aromatic carbocycles. The SMILES string of the molecule is Cc1c(Cl)cccc1NC(=O)C(C)n1cnc2sc(C(=O)OCCOc3ccccc3)c(C)c2c1=O. The molecule has 0 aliphatic rings. The number of rotatable bonds is 8. The van der Waals surface area contributed by atoms with Crippen molar-refractivity contribution in [2.45, 2.75) is 26.8 Å². The lowest BCUT2D eigenvalue weighted by Gasteiger charge is -2.16. The van der Waals surface area contributed by atoms with Gasteiger partial charge in [0.25, 0.3) is 5.56 Å². The molecule has 0 radical (unpaired) electrons. The van der Waals surface area contributed by atoms with Crippen molar-refractivity contribution in [2.24, 2.45) is 0 Å². The quantitative estimate of drug-likeness (QED) is 0.252. The summed E-state index contributed by atoms with van der Waals surface area (Å²) in [6.45, 7) is 5.32. The van der Waals surface area contributed by atoms with Crippen LogP contribution in [0.2, 0.25) is 5.02 Å². The number of halogens is 1. The number of thiophene rings is 1. The number of aryl methyl sites for hydroxylation is 1. The summed E-state index contributed by atoms with van der Waals surface area (Å²) in [5.74, 6) is -0.269. The van der Waals surface area contributed by atoms with Gasteiger partial charge in [0.1, 0.15) is 34.7 Å². The monoisotopic (exact) mass is 525 g/mol. The summed E-state index contributed by atoms with van der Waals surface area (Å²) >= 11 is 7.22. The van der Waals surface area contributed by atoms with E-state index in [0.717, 1.165) is 16.9 Å². The third-order valence-electron chi connectivity index (χ3n) is 5.71. The highest BCUT2D eigenvalue weighted by Crippen LogP contribution is 2.28. The van der Waals surface area contributed by atoms with Crippen molar-refractivity contribution in [1.29, 1.82) is 0 Å². The average molecular weight is 526 g/mol. The number of carbonyl (C=O) groups is 2. The lowest BCUT2D eigenvalue weighted by molar-refractivity contribution is -0.118. The van der Waals surface area contributed by atoms with E-state index in [-0.39, 0.29) is 18.6 Å². The number of benzene rings is 2. The summed E-state index contributed by atoms with van der Waals surface area (Å²) < 4.78 is 12.1. The van der Waals surface area contributed by atoms with Crippen LogP contribution in [0.1, 0.15) is 33.8 Å². The van der Waals surface area contributed by atoms with Gasteiger partial charge in [0.2, 0.25) is 5.91 Å². The number of ether oxygens (including phenoxy) is 2. The maximum atomic E-state index is 13.3. The molecule has 36 heavy (non-hydrogen) atoms. The molecule has 0 saturated carbocycles. The Kier molecular flexibility index (Phi) is 7.71. The van der Waals surface area contributed by atoms with Crippen molar-refractivity contribution < 1.29 is 19.1 Å². The topological polar surface area (TPSA) is 99.5 Å². The van der Waals surface area contributed by atoms with E-state index < -0.39 is 23.5 Å². The van der Waals surface area contributed by atoms with Crippen molar-refractivity contribution in [1.82, 2.24) is 9.55 Å². The molecule has 0 fully saturated rings. The normalized spacial score (nSPS) is 11.8. The second kappa shape index (κ2) is 10.9. The fourth-order valence-electron chi connectivity index (χ4n) is 3.59. The van der Waals surface area contributed by atoms with Gasteiger partial charge in [-0.15, -0.1) is 11.3 Å². The summed E-state index contributed by atoms with van der Waals surface area (Å²) in [5, 5.41) is 3.62. The summed E-state index contributed by atoms with van der Waals surface area (Å²) in [5.41, 5.74) is 1.35. The number of aromatic nitrogens is 2. The maximum absolute atomic E-state index is 13.3. The van der Waals surface area contributed by atoms with Gasteiger partial charge >= 0.3 is 5.97 Å². The summed E-state index contributed by atoms with van der Waals surface area (Å²) in [4.78, 5) is 43.9. The summed E-state index contributed by atoms with van der Waals surface area (Å²) in [6, 6.07) is 13.6. The molecule has 8 nitrogen and oxygen atoms in total. The number of esters is 1. The van der Waals surface area contributed by atoms with E-state index >= 15 is 0 Å². The third-order valence-corrected chi connectivity index (χ3v) is 7.30. The highest BCUT2D eigenvalue weighted by atomic mass is 35.5. The first-order valence-electron chi connectivity index (χ1n) is 11.2. The minimum atomic E-state index is -0.849. The maximum Gasteiger partial charge on any atom is 0.348 e. The van der Waals surface area contributed by atoms with Crippen LogP contribution in [0.5, 0.6) is 5.75 Å². The van der Waals surface area contributed by atoms with Crippen molar-refractivity contribution in [3.8, 4) is 5.75 Å². The van der Waals surface area contributed by atoms with Crippen LogP contribution in [0.4, 0.5) is 5.69 Å². The fraction of sp³-hybridized carbons (Fsp3) is 0.231. The minimum Gasteiger partial charge on any atom is -0.490 e. The number of anilines is 1. The van der Waals surface area contributed by atoms with Gasteiger partial charge in [-0.25, -0.2) is 9.78 Å². The smallest absolute Gasteiger partial charge is 0.348 e. The molecule has 0 aliphatic heterocycles. The van der Waals surface area contributed by atoms with Crippen LogP contribution in [0, 0.1) is 13.8 Å². The number of carbonyl (C=O) groups excluding carboxylic acids is 2. The Morgan fingerprint density at radius 1 is 1.08 bits per heavy atom. The molecule has 0 spiro atoms. The molecule has 2 heterocycles. The summed E-state index contributed by atoms with van der Waals surface area (Å²) in [7, 11) is 0. The zero-order valence-electron chi connectivity index (χ0n) is 19.9. The molecule has 1 amide bonds. The molecule has 1 atom stereocenters. The van der Waals surface area contributed by atoms with E-state index in [4.69, 9.17) is 21.1 Å². The van der Waals surface area contributed by atoms with Crippen LogP contribution < -0.4 is 15.6 Å². The van der Waals surface area contributed by atoms with Crippen LogP contribution in [-0.4, -0.2) is 34.6 Å². The number of hydrogen-bond donors (Lipinski definition) is 1. The van der Waals surface area contributed by atoms with Gasteiger partial charge in [0, 0.05) is 10.7 Å². The minimum absolute atomic E-state index is 0.0548. The second-order valence-corrected chi connectivity index (χ2v) is 9.47. The molecule has 186 valence electrons. The highest BCUT2D eigenvalue weighted by molar-refractivity contribution is 7.20. The number of para-hydroxylation sites is 1. The number of nitrogens with one attached hydrogen (secondary N) is 1. The molecular weight excluding hydrogens is 502 g/mol. The number of nitrogens with zero attached hydrogens (tertiary/aromatic N) is 2. The molecule has 0 aliphatic carbocycles. The second-order valence-electron chi connectivity index (χ2n) is 8.07. The van der Waals surface area contributed by atoms with Crippen LogP contribution in [0.25, 0.3) is 10.2 Å². The lowest BCUT2D eigenvalue weighted by atomic mass is 10.2. The molecule has 4 rings (SSSR count). The van der Waals surface area contributed by atoms with Crippen LogP contribution >= 0.6 is 22.9 Å². The van der Waals surface area contributed by atoms with Gasteiger partial charge in [-0.05, 0) is 56.2 Å². The van der Waals surface area contributed by atoms with E-state index in [9.17, 15) is 14.4 Å². The average Bonchev–Trinajstić information content (AvgIpc) is 3.22. The van der Waals surface area contributed by atoms with Crippen molar-refractivity contribution >= 4 is 50.7 Å². The Hall–Kier alpha value is -3.69. The zero-order valence-corrected chi connectivity index (χ0v) is 21.5. The first-order valence-corrected chi connectivity index (χ1v) is 12.4. The van der Waals surface area contributed by atoms with Gasteiger partial charge in [0.05, 0.1) is 11.7 Å². The van der Waals surface area contributed by atoms with Gasteiger partial charge in [-0.3, -0.25) is 14.2 Å². The van der Waals surface area contributed by atoms with E-state index in [1.165, 1.54) is 10.9 Å². The van der Waals surface area contributed by atoms with E-state index in [1.807, 2.05) is 30.3 Å². The Bertz CT molecular complexity index is 1480. The largest absolute Gasteiger partial charge is 0.490 e. The van der Waals surface area contributed by atoms with Gasteiger partial charge in [-0.1, -0.05) is 35.9 Å². The predicted molar refractivity (Wildman–Crippen MR) is 140 cm³/mol. The van der Waals surface area contributed by atoms with E-state index in [2.05, 4.69) is 10.3 Å². The standard InChI is InChI=1S/C26H24ClN3O5S/c1-15-19(27)10-7-11-20(15)29-23(31)17(3)30-14-28-24-21(25(30)32)16(2)22(36-24)26(33)35-13-12-34-18-8-5-4-6-9-18/h4-11,14,17H,12-13H2,1-3H3,(H,29,31). The number of amides is 1. The van der Waals surface area contributed by atoms with Crippen LogP contribution in [0.15, 0.2) is 59.7 Å². The Morgan fingerprint density at radius 3 is 2.58 bits per heavy atom. The summed E-state index contributed by atoms with van der Waals surface area (Å²) in [6.07, 6.45) is 1.32. The molecule has 1 N–H and O–H groups in total.